The Morgan fingerprint density at radius 3 is 2.45 bits per heavy atom. The van der Waals surface area contributed by atoms with Gasteiger partial charge in [-0.15, -0.1) is 0 Å². The van der Waals surface area contributed by atoms with Crippen LogP contribution in [0.2, 0.25) is 10.0 Å². The number of hydrogen-bond donors (Lipinski definition) is 5. The molecule has 2 aromatic carbocycles. The average molecular weight is 500 g/mol. The lowest BCUT2D eigenvalue weighted by atomic mass is 9.95. The van der Waals surface area contributed by atoms with Crippen LogP contribution in [0.3, 0.4) is 0 Å². The van der Waals surface area contributed by atoms with Gasteiger partial charge in [-0.3, -0.25) is 0 Å². The summed E-state index contributed by atoms with van der Waals surface area (Å²) in [6, 6.07) is 8.52. The molecule has 0 bridgehead atoms. The molecule has 11 heteroatoms. The lowest BCUT2D eigenvalue weighted by molar-refractivity contribution is -0.271. The van der Waals surface area contributed by atoms with Crippen LogP contribution in [0.25, 0.3) is 11.1 Å². The Morgan fingerprint density at radius 2 is 1.82 bits per heavy atom. The molecule has 1 fully saturated rings. The molecule has 0 spiro atoms. The van der Waals surface area contributed by atoms with E-state index in [0.29, 0.717) is 23.4 Å². The Labute approximate surface area is 199 Å². The first-order valence-corrected chi connectivity index (χ1v) is 11.0. The van der Waals surface area contributed by atoms with Crippen molar-refractivity contribution in [2.75, 3.05) is 6.54 Å². The number of carbonyl (C=O) groups is 1. The molecule has 4 rings (SSSR count). The molecule has 2 aromatic rings. The maximum absolute atomic E-state index is 11.3. The van der Waals surface area contributed by atoms with Gasteiger partial charge in [0.25, 0.3) is 0 Å². The molecule has 6 N–H and O–H groups in total. The second-order valence-corrected chi connectivity index (χ2v) is 8.74. The second kappa shape index (κ2) is 9.63. The normalized spacial score (nSPS) is 29.2. The Kier molecular flexibility index (Phi) is 7.01. The Bertz CT molecular complexity index is 1030. The molecule has 2 heterocycles. The van der Waals surface area contributed by atoms with Gasteiger partial charge in [0.15, 0.2) is 6.10 Å². The molecule has 33 heavy (non-hydrogen) atoms. The van der Waals surface area contributed by atoms with Crippen LogP contribution in [-0.4, -0.2) is 69.8 Å². The smallest absolute Gasteiger partial charge is 0.335 e. The number of rotatable bonds is 5. The van der Waals surface area contributed by atoms with Crippen molar-refractivity contribution >= 4 is 29.2 Å². The topological polar surface area (TPSA) is 152 Å². The zero-order valence-corrected chi connectivity index (χ0v) is 18.7. The standard InChI is InChI=1S/C22H23Cl2NO8/c23-13-6-11(32-22-18(28)16(26)17(27)20(33-22)21(29)30)7-14(24)15(13)12-3-1-2-9-4-5-10(8-25)31-19(9)12/h1-3,6-7,10,16-18,20,22,26-28H,4-5,8,25H2,(H,29,30)/t10-,16?,17?,18?,20?,22?/m1/s1. The predicted molar refractivity (Wildman–Crippen MR) is 119 cm³/mol. The third kappa shape index (κ3) is 4.63. The summed E-state index contributed by atoms with van der Waals surface area (Å²) in [6.07, 6.45) is -7.21. The van der Waals surface area contributed by atoms with Crippen molar-refractivity contribution in [1.82, 2.24) is 0 Å². The minimum absolute atomic E-state index is 0.0658. The molecule has 0 aromatic heterocycles. The number of aliphatic carboxylic acids is 1. The van der Waals surface area contributed by atoms with Gasteiger partial charge in [0.1, 0.15) is 35.9 Å². The minimum Gasteiger partial charge on any atom is -0.488 e. The fourth-order valence-electron chi connectivity index (χ4n) is 3.98. The molecule has 5 unspecified atom stereocenters. The highest BCUT2D eigenvalue weighted by atomic mass is 35.5. The number of halogens is 2. The summed E-state index contributed by atoms with van der Waals surface area (Å²) in [7, 11) is 0. The highest BCUT2D eigenvalue weighted by Crippen LogP contribution is 2.45. The quantitative estimate of drug-likeness (QED) is 0.412. The summed E-state index contributed by atoms with van der Waals surface area (Å²) in [5.41, 5.74) is 7.98. The van der Waals surface area contributed by atoms with Gasteiger partial charge in [0.05, 0.1) is 10.0 Å². The fourth-order valence-corrected chi connectivity index (χ4v) is 4.66. The fraction of sp³-hybridized carbons (Fsp3) is 0.409. The molecule has 0 aliphatic carbocycles. The number of fused-ring (bicyclic) bond motifs is 1. The number of aliphatic hydroxyl groups excluding tert-OH is 3. The van der Waals surface area contributed by atoms with Crippen LogP contribution >= 0.6 is 23.2 Å². The number of aliphatic hydroxyl groups is 3. The van der Waals surface area contributed by atoms with E-state index < -0.39 is 36.7 Å². The Balaban J connectivity index is 1.64. The Morgan fingerprint density at radius 1 is 1.12 bits per heavy atom. The van der Waals surface area contributed by atoms with Crippen molar-refractivity contribution in [3.05, 3.63) is 45.9 Å². The summed E-state index contributed by atoms with van der Waals surface area (Å²) >= 11 is 13.1. The zero-order valence-electron chi connectivity index (χ0n) is 17.2. The first-order chi connectivity index (χ1) is 15.7. The van der Waals surface area contributed by atoms with E-state index in [-0.39, 0.29) is 21.9 Å². The highest BCUT2D eigenvalue weighted by molar-refractivity contribution is 6.39. The first kappa shape index (κ1) is 24.0. The number of nitrogens with two attached hydrogens (primary N) is 1. The van der Waals surface area contributed by atoms with E-state index in [1.807, 2.05) is 18.2 Å². The van der Waals surface area contributed by atoms with E-state index in [2.05, 4.69) is 0 Å². The van der Waals surface area contributed by atoms with E-state index in [1.54, 1.807) is 0 Å². The number of hydrogen-bond acceptors (Lipinski definition) is 8. The predicted octanol–water partition coefficient (Wildman–Crippen LogP) is 1.58. The van der Waals surface area contributed by atoms with Gasteiger partial charge in [-0.2, -0.15) is 0 Å². The highest BCUT2D eigenvalue weighted by Gasteiger charge is 2.48. The van der Waals surface area contributed by atoms with Crippen LogP contribution in [0.4, 0.5) is 0 Å². The van der Waals surface area contributed by atoms with Crippen LogP contribution in [0, 0.1) is 0 Å². The molecule has 178 valence electrons. The summed E-state index contributed by atoms with van der Waals surface area (Å²) in [5, 5.41) is 39.6. The van der Waals surface area contributed by atoms with Crippen molar-refractivity contribution in [3.63, 3.8) is 0 Å². The summed E-state index contributed by atoms with van der Waals surface area (Å²) in [4.78, 5) is 11.3. The molecule has 2 aliphatic rings. The van der Waals surface area contributed by atoms with Crippen molar-refractivity contribution in [2.24, 2.45) is 5.73 Å². The largest absolute Gasteiger partial charge is 0.488 e. The third-order valence-corrected chi connectivity index (χ3v) is 6.33. The van der Waals surface area contributed by atoms with Gasteiger partial charge in [-0.25, -0.2) is 4.79 Å². The van der Waals surface area contributed by atoms with E-state index in [0.717, 1.165) is 18.4 Å². The molecule has 9 nitrogen and oxygen atoms in total. The van der Waals surface area contributed by atoms with Crippen LogP contribution in [0.15, 0.2) is 30.3 Å². The van der Waals surface area contributed by atoms with E-state index in [9.17, 15) is 25.2 Å². The van der Waals surface area contributed by atoms with Crippen LogP contribution in [0.1, 0.15) is 12.0 Å². The molecule has 0 amide bonds. The molecule has 0 radical (unpaired) electrons. The van der Waals surface area contributed by atoms with Crippen LogP contribution in [0.5, 0.6) is 11.5 Å². The average Bonchev–Trinajstić information content (AvgIpc) is 2.78. The minimum atomic E-state index is -1.83. The first-order valence-electron chi connectivity index (χ1n) is 10.3. The number of ether oxygens (including phenoxy) is 3. The maximum atomic E-state index is 11.3. The summed E-state index contributed by atoms with van der Waals surface area (Å²) in [6.45, 7) is 0.379. The maximum Gasteiger partial charge on any atom is 0.335 e. The van der Waals surface area contributed by atoms with E-state index >= 15 is 0 Å². The van der Waals surface area contributed by atoms with E-state index in [1.165, 1.54) is 12.1 Å². The second-order valence-electron chi connectivity index (χ2n) is 7.92. The van der Waals surface area contributed by atoms with E-state index in [4.69, 9.17) is 43.1 Å². The Hall–Kier alpha value is -2.11. The lowest BCUT2D eigenvalue weighted by Gasteiger charge is -2.38. The third-order valence-electron chi connectivity index (χ3n) is 5.73. The summed E-state index contributed by atoms with van der Waals surface area (Å²) in [5.74, 6) is -0.793. The van der Waals surface area contributed by atoms with Gasteiger partial charge in [-0.05, 0) is 30.5 Å². The monoisotopic (exact) mass is 499 g/mol. The lowest BCUT2D eigenvalue weighted by Crippen LogP contribution is -2.61. The van der Waals surface area contributed by atoms with Gasteiger partial charge < -0.3 is 40.4 Å². The number of carboxylic acid groups (broad SMARTS) is 1. The van der Waals surface area contributed by atoms with Crippen molar-refractivity contribution in [1.29, 1.82) is 0 Å². The molecular formula is C22H23Cl2NO8. The number of carboxylic acids is 1. The van der Waals surface area contributed by atoms with Gasteiger partial charge >= 0.3 is 5.97 Å². The van der Waals surface area contributed by atoms with Gasteiger partial charge in [0, 0.05) is 17.7 Å². The molecule has 6 atom stereocenters. The van der Waals surface area contributed by atoms with Crippen LogP contribution in [-0.2, 0) is 16.0 Å². The van der Waals surface area contributed by atoms with Crippen molar-refractivity contribution in [2.45, 2.75) is 49.7 Å². The van der Waals surface area contributed by atoms with Crippen LogP contribution < -0.4 is 15.2 Å². The molecular weight excluding hydrogens is 477 g/mol. The number of aryl methyl sites for hydroxylation is 1. The van der Waals surface area contributed by atoms with Gasteiger partial charge in [-0.1, -0.05) is 41.4 Å². The molecule has 0 saturated carbocycles. The summed E-state index contributed by atoms with van der Waals surface area (Å²) < 4.78 is 16.7. The van der Waals surface area contributed by atoms with Crippen molar-refractivity contribution < 1.29 is 39.4 Å². The number of benzene rings is 2. The number of para-hydroxylation sites is 1. The molecule has 2 aliphatic heterocycles. The SMILES string of the molecule is NC[C@H]1CCc2cccc(-c3c(Cl)cc(OC4OC(C(=O)O)C(O)C(O)C4O)cc3Cl)c2O1. The zero-order chi connectivity index (χ0) is 23.9. The van der Waals surface area contributed by atoms with Crippen molar-refractivity contribution in [3.8, 4) is 22.6 Å². The molecule has 1 saturated heterocycles. The van der Waals surface area contributed by atoms with Gasteiger partial charge in [0.2, 0.25) is 6.29 Å².